The molecule has 0 aliphatic carbocycles. The summed E-state index contributed by atoms with van der Waals surface area (Å²) in [4.78, 5) is 0. The molecule has 0 saturated carbocycles. The molecule has 1 rings (SSSR count). The van der Waals surface area contributed by atoms with Crippen LogP contribution in [-0.4, -0.2) is 18.3 Å². The molecule has 3 heteroatoms. The molecule has 0 fully saturated rings. The van der Waals surface area contributed by atoms with E-state index in [1.54, 1.807) is 12.1 Å². The lowest BCUT2D eigenvalue weighted by Crippen LogP contribution is -2.01. The first-order chi connectivity index (χ1) is 6.83. The Balaban J connectivity index is 2.18. The summed E-state index contributed by atoms with van der Waals surface area (Å²) < 4.78 is 10.2. The molecule has 0 aromatic heterocycles. The Morgan fingerprint density at radius 3 is 2.57 bits per heavy atom. The van der Waals surface area contributed by atoms with E-state index in [-0.39, 0.29) is 5.75 Å². The predicted molar refractivity (Wildman–Crippen MR) is 53.9 cm³/mol. The number of hydrogen-bond acceptors (Lipinski definition) is 3. The van der Waals surface area contributed by atoms with Crippen LogP contribution >= 0.6 is 0 Å². The largest absolute Gasteiger partial charge is 0.508 e. The highest BCUT2D eigenvalue weighted by molar-refractivity contribution is 5.25. The van der Waals surface area contributed by atoms with Gasteiger partial charge in [0.15, 0.2) is 0 Å². The normalized spacial score (nSPS) is 9.71. The second kappa shape index (κ2) is 6.05. The van der Waals surface area contributed by atoms with Crippen molar-refractivity contribution in [2.24, 2.45) is 0 Å². The maximum absolute atomic E-state index is 9.03. The number of benzene rings is 1. The third-order valence-electron chi connectivity index (χ3n) is 1.67. The SMILES string of the molecule is C=COCCOCc1ccc(O)cc1. The van der Waals surface area contributed by atoms with E-state index in [0.29, 0.717) is 19.8 Å². The third-order valence-corrected chi connectivity index (χ3v) is 1.67. The zero-order valence-corrected chi connectivity index (χ0v) is 7.98. The van der Waals surface area contributed by atoms with Gasteiger partial charge >= 0.3 is 0 Å². The molecule has 0 saturated heterocycles. The van der Waals surface area contributed by atoms with Gasteiger partial charge in [-0.15, -0.1) is 0 Å². The summed E-state index contributed by atoms with van der Waals surface area (Å²) in [6, 6.07) is 6.92. The summed E-state index contributed by atoms with van der Waals surface area (Å²) in [6.07, 6.45) is 1.39. The molecule has 3 nitrogen and oxygen atoms in total. The Labute approximate surface area is 83.6 Å². The van der Waals surface area contributed by atoms with Crippen molar-refractivity contribution in [3.8, 4) is 5.75 Å². The van der Waals surface area contributed by atoms with Gasteiger partial charge in [0.1, 0.15) is 12.4 Å². The van der Waals surface area contributed by atoms with Gasteiger partial charge in [0.25, 0.3) is 0 Å². The molecule has 76 valence electrons. The lowest BCUT2D eigenvalue weighted by molar-refractivity contribution is 0.0750. The Kier molecular flexibility index (Phi) is 4.58. The van der Waals surface area contributed by atoms with E-state index in [2.05, 4.69) is 6.58 Å². The Hall–Kier alpha value is -1.48. The predicted octanol–water partition coefficient (Wildman–Crippen LogP) is 2.07. The quantitative estimate of drug-likeness (QED) is 0.556. The molecule has 0 bridgehead atoms. The van der Waals surface area contributed by atoms with Gasteiger partial charge in [0.05, 0.1) is 19.5 Å². The van der Waals surface area contributed by atoms with Crippen molar-refractivity contribution >= 4 is 0 Å². The Morgan fingerprint density at radius 1 is 1.21 bits per heavy atom. The average Bonchev–Trinajstić information content (AvgIpc) is 2.21. The highest BCUT2D eigenvalue weighted by Gasteiger charge is 1.93. The van der Waals surface area contributed by atoms with Gasteiger partial charge in [-0.3, -0.25) is 0 Å². The average molecular weight is 194 g/mol. The maximum Gasteiger partial charge on any atom is 0.115 e. The van der Waals surface area contributed by atoms with Crippen LogP contribution in [-0.2, 0) is 16.1 Å². The molecule has 1 N–H and O–H groups in total. The summed E-state index contributed by atoms with van der Waals surface area (Å²) in [6.45, 7) is 5.00. The van der Waals surface area contributed by atoms with Crippen molar-refractivity contribution in [2.45, 2.75) is 6.61 Å². The monoisotopic (exact) mass is 194 g/mol. The molecular weight excluding hydrogens is 180 g/mol. The smallest absolute Gasteiger partial charge is 0.115 e. The van der Waals surface area contributed by atoms with Crippen molar-refractivity contribution in [3.63, 3.8) is 0 Å². The van der Waals surface area contributed by atoms with Gasteiger partial charge in [-0.05, 0) is 17.7 Å². The summed E-state index contributed by atoms with van der Waals surface area (Å²) >= 11 is 0. The van der Waals surface area contributed by atoms with Crippen LogP contribution in [0.1, 0.15) is 5.56 Å². The molecular formula is C11H14O3. The minimum absolute atomic E-state index is 0.267. The van der Waals surface area contributed by atoms with E-state index < -0.39 is 0 Å². The van der Waals surface area contributed by atoms with Crippen LogP contribution in [0.15, 0.2) is 37.1 Å². The first-order valence-electron chi connectivity index (χ1n) is 4.41. The molecule has 0 radical (unpaired) electrons. The number of rotatable bonds is 6. The number of hydrogen-bond donors (Lipinski definition) is 1. The van der Waals surface area contributed by atoms with Crippen molar-refractivity contribution in [1.29, 1.82) is 0 Å². The fourth-order valence-electron chi connectivity index (χ4n) is 0.973. The van der Waals surface area contributed by atoms with Gasteiger partial charge in [-0.25, -0.2) is 0 Å². The number of phenolic OH excluding ortho intramolecular Hbond substituents is 1. The number of ether oxygens (including phenoxy) is 2. The van der Waals surface area contributed by atoms with E-state index in [9.17, 15) is 0 Å². The maximum atomic E-state index is 9.03. The molecule has 0 heterocycles. The topological polar surface area (TPSA) is 38.7 Å². The molecule has 0 atom stereocenters. The lowest BCUT2D eigenvalue weighted by atomic mass is 10.2. The minimum atomic E-state index is 0.267. The van der Waals surface area contributed by atoms with E-state index in [1.165, 1.54) is 6.26 Å². The lowest BCUT2D eigenvalue weighted by Gasteiger charge is -2.04. The highest BCUT2D eigenvalue weighted by atomic mass is 16.5. The van der Waals surface area contributed by atoms with Crippen molar-refractivity contribution in [3.05, 3.63) is 42.7 Å². The standard InChI is InChI=1S/C11H14O3/c1-2-13-7-8-14-9-10-3-5-11(12)6-4-10/h2-6,12H,1,7-9H2. The van der Waals surface area contributed by atoms with Crippen molar-refractivity contribution < 1.29 is 14.6 Å². The molecule has 14 heavy (non-hydrogen) atoms. The van der Waals surface area contributed by atoms with Crippen LogP contribution in [0, 0.1) is 0 Å². The molecule has 0 aliphatic rings. The van der Waals surface area contributed by atoms with Gasteiger partial charge in [-0.1, -0.05) is 18.7 Å². The molecule has 1 aromatic carbocycles. The van der Waals surface area contributed by atoms with Gasteiger partial charge < -0.3 is 14.6 Å². The van der Waals surface area contributed by atoms with Crippen molar-refractivity contribution in [1.82, 2.24) is 0 Å². The van der Waals surface area contributed by atoms with Crippen LogP contribution in [0.2, 0.25) is 0 Å². The zero-order valence-electron chi connectivity index (χ0n) is 7.98. The highest BCUT2D eigenvalue weighted by Crippen LogP contribution is 2.10. The van der Waals surface area contributed by atoms with Crippen LogP contribution in [0.25, 0.3) is 0 Å². The third kappa shape index (κ3) is 3.96. The fraction of sp³-hybridized carbons (Fsp3) is 0.273. The summed E-state index contributed by atoms with van der Waals surface area (Å²) in [5.41, 5.74) is 1.03. The van der Waals surface area contributed by atoms with E-state index >= 15 is 0 Å². The van der Waals surface area contributed by atoms with Crippen LogP contribution in [0.3, 0.4) is 0 Å². The zero-order chi connectivity index (χ0) is 10.2. The van der Waals surface area contributed by atoms with E-state index in [4.69, 9.17) is 14.6 Å². The van der Waals surface area contributed by atoms with Crippen LogP contribution in [0.4, 0.5) is 0 Å². The molecule has 0 unspecified atom stereocenters. The van der Waals surface area contributed by atoms with Gasteiger partial charge in [-0.2, -0.15) is 0 Å². The minimum Gasteiger partial charge on any atom is -0.508 e. The summed E-state index contributed by atoms with van der Waals surface area (Å²) in [7, 11) is 0. The molecule has 0 aliphatic heterocycles. The van der Waals surface area contributed by atoms with E-state index in [1.807, 2.05) is 12.1 Å². The fourth-order valence-corrected chi connectivity index (χ4v) is 0.973. The van der Waals surface area contributed by atoms with Gasteiger partial charge in [0.2, 0.25) is 0 Å². The first-order valence-corrected chi connectivity index (χ1v) is 4.41. The molecule has 0 spiro atoms. The second-order valence-corrected chi connectivity index (χ2v) is 2.76. The molecule has 0 amide bonds. The van der Waals surface area contributed by atoms with Gasteiger partial charge in [0, 0.05) is 0 Å². The Bertz CT molecular complexity index is 266. The number of aromatic hydroxyl groups is 1. The van der Waals surface area contributed by atoms with Crippen LogP contribution < -0.4 is 0 Å². The summed E-state index contributed by atoms with van der Waals surface area (Å²) in [5.74, 6) is 0.267. The first kappa shape index (κ1) is 10.6. The van der Waals surface area contributed by atoms with Crippen LogP contribution in [0.5, 0.6) is 5.75 Å². The summed E-state index contributed by atoms with van der Waals surface area (Å²) in [5, 5.41) is 9.03. The second-order valence-electron chi connectivity index (χ2n) is 2.76. The van der Waals surface area contributed by atoms with Crippen molar-refractivity contribution in [2.75, 3.05) is 13.2 Å². The molecule has 1 aromatic rings. The Morgan fingerprint density at radius 2 is 1.93 bits per heavy atom. The number of phenols is 1. The van der Waals surface area contributed by atoms with E-state index in [0.717, 1.165) is 5.56 Å².